The number of hydrogen-bond acceptors (Lipinski definition) is 12. The first-order chi connectivity index (χ1) is 30.3. The number of aromatic nitrogens is 4. The van der Waals surface area contributed by atoms with E-state index < -0.39 is 6.04 Å². The molecule has 1 amide bonds. The second kappa shape index (κ2) is 18.5. The Morgan fingerprint density at radius 3 is 2.63 bits per heavy atom. The predicted octanol–water partition coefficient (Wildman–Crippen LogP) is 6.14. The number of carbonyl (C=O) groups excluding carboxylic acids is 4. The third kappa shape index (κ3) is 9.11. The molecular weight excluding hydrogens is 803 g/mol. The average molecular weight is 852 g/mol. The van der Waals surface area contributed by atoms with Gasteiger partial charge in [0.15, 0.2) is 11.6 Å². The molecule has 62 heavy (non-hydrogen) atoms. The topological polar surface area (TPSA) is 149 Å². The average Bonchev–Trinajstić information content (AvgIpc) is 3.88. The summed E-state index contributed by atoms with van der Waals surface area (Å²) in [6.45, 7) is 6.02. The molecule has 3 aliphatic heterocycles. The van der Waals surface area contributed by atoms with Gasteiger partial charge in [-0.15, -0.1) is 21.5 Å². The van der Waals surface area contributed by atoms with E-state index in [1.54, 1.807) is 22.4 Å². The second-order valence-electron chi connectivity index (χ2n) is 16.5. The largest absolute Gasteiger partial charge is 0.464 e. The first kappa shape index (κ1) is 41.3. The van der Waals surface area contributed by atoms with Crippen molar-refractivity contribution in [1.29, 1.82) is 0 Å². The number of hydrogen-bond donors (Lipinski definition) is 1. The van der Waals surface area contributed by atoms with Gasteiger partial charge in [-0.25, -0.2) is 0 Å². The number of carbonyl (C=O) groups is 4. The molecule has 5 aromatic rings. The maximum absolute atomic E-state index is 13.3. The second-order valence-corrected chi connectivity index (χ2v) is 17.5. The number of pyridine rings is 1. The van der Waals surface area contributed by atoms with Crippen LogP contribution in [0.4, 0.5) is 5.69 Å². The van der Waals surface area contributed by atoms with Crippen molar-refractivity contribution in [2.75, 3.05) is 31.6 Å². The molecule has 318 valence electrons. The van der Waals surface area contributed by atoms with Crippen LogP contribution < -0.4 is 5.32 Å². The van der Waals surface area contributed by atoms with Crippen molar-refractivity contribution in [2.45, 2.75) is 96.6 Å². The number of nitrogens with zero attached hydrogens (tertiary/aromatic N) is 6. The van der Waals surface area contributed by atoms with Crippen LogP contribution in [0, 0.1) is 18.8 Å². The van der Waals surface area contributed by atoms with Crippen LogP contribution in [-0.4, -0.2) is 91.3 Å². The number of likely N-dealkylation sites (tertiary alicyclic amines) is 1. The summed E-state index contributed by atoms with van der Waals surface area (Å²) in [5, 5.41) is 13.4. The molecule has 1 aliphatic carbocycles. The highest BCUT2D eigenvalue weighted by atomic mass is 32.1. The van der Waals surface area contributed by atoms with Gasteiger partial charge in [-0.3, -0.25) is 33.6 Å². The molecule has 0 bridgehead atoms. The molecule has 2 aromatic carbocycles. The zero-order chi connectivity index (χ0) is 42.6. The van der Waals surface area contributed by atoms with E-state index in [1.807, 2.05) is 43.3 Å². The molecule has 0 spiro atoms. The third-order valence-electron chi connectivity index (χ3n) is 12.3. The molecule has 14 heteroatoms. The molecule has 2 fully saturated rings. The number of ether oxygens (including phenoxy) is 2. The van der Waals surface area contributed by atoms with Crippen LogP contribution in [0.5, 0.6) is 0 Å². The van der Waals surface area contributed by atoms with E-state index in [-0.39, 0.29) is 35.9 Å². The molecule has 1 unspecified atom stereocenters. The standard InChI is InChI=1S/C48H49N7O6S/c1-31-51-52-45-30-60-29-40-38(25-32-7-3-2-4-8-32)44(62-48(40)55(31)45)18-14-33-13-15-34(49-27-33)9-5-12-46(58)61-24-23-53-21-19-35(20-22-53)50-41-11-6-10-37-39(41)28-54(47(37)59)42-17-16-36(56)26-43(42)57/h2-4,6-8,10-11,13,15,27,35,42,50H,5,9,12,16-17,19-26,28-30H2,1H3. The van der Waals surface area contributed by atoms with Crippen molar-refractivity contribution in [1.82, 2.24) is 29.5 Å². The molecule has 1 saturated carbocycles. The van der Waals surface area contributed by atoms with Crippen molar-refractivity contribution in [3.63, 3.8) is 0 Å². The first-order valence-corrected chi connectivity index (χ1v) is 22.3. The van der Waals surface area contributed by atoms with E-state index in [0.29, 0.717) is 70.6 Å². The lowest BCUT2D eigenvalue weighted by Crippen LogP contribution is -2.44. The fourth-order valence-electron chi connectivity index (χ4n) is 8.91. The van der Waals surface area contributed by atoms with Gasteiger partial charge in [0.1, 0.15) is 29.8 Å². The molecule has 13 nitrogen and oxygen atoms in total. The summed E-state index contributed by atoms with van der Waals surface area (Å²) >= 11 is 1.65. The number of esters is 1. The maximum atomic E-state index is 13.3. The Morgan fingerprint density at radius 2 is 1.82 bits per heavy atom. The van der Waals surface area contributed by atoms with Crippen LogP contribution >= 0.6 is 11.3 Å². The lowest BCUT2D eigenvalue weighted by Gasteiger charge is -2.33. The summed E-state index contributed by atoms with van der Waals surface area (Å²) in [7, 11) is 0. The van der Waals surface area contributed by atoms with Gasteiger partial charge >= 0.3 is 5.97 Å². The van der Waals surface area contributed by atoms with Gasteiger partial charge in [0.2, 0.25) is 0 Å². The zero-order valence-electron chi connectivity index (χ0n) is 34.9. The highest BCUT2D eigenvalue weighted by molar-refractivity contribution is 7.15. The Morgan fingerprint density at radius 1 is 0.968 bits per heavy atom. The number of Topliss-reactive ketones (excluding diaryl/α,β-unsaturated/α-hetero) is 2. The SMILES string of the molecule is Cc1nnc2n1-c1sc(C#Cc3ccc(CCCC(=O)OCCN4CCC(Nc5cccc6c5CN(C5CCC(=O)CC5=O)C6=O)CC4)nc3)c(Cc3ccccc3)c1COC2. The van der Waals surface area contributed by atoms with Gasteiger partial charge in [0.25, 0.3) is 5.91 Å². The minimum absolute atomic E-state index is 0.0466. The van der Waals surface area contributed by atoms with Gasteiger partial charge in [0.05, 0.1) is 23.9 Å². The summed E-state index contributed by atoms with van der Waals surface area (Å²) in [6, 6.07) is 19.8. The zero-order valence-corrected chi connectivity index (χ0v) is 35.7. The molecule has 3 aromatic heterocycles. The van der Waals surface area contributed by atoms with E-state index in [9.17, 15) is 19.2 Å². The number of nitrogens with one attached hydrogen (secondary N) is 1. The minimum atomic E-state index is -0.527. The molecule has 1 N–H and O–H groups in total. The maximum Gasteiger partial charge on any atom is 0.305 e. The number of rotatable bonds is 12. The van der Waals surface area contributed by atoms with E-state index in [4.69, 9.17) is 9.47 Å². The third-order valence-corrected chi connectivity index (χ3v) is 13.5. The van der Waals surface area contributed by atoms with Gasteiger partial charge in [-0.05, 0) is 80.8 Å². The number of anilines is 1. The fourth-order valence-corrected chi connectivity index (χ4v) is 10.2. The lowest BCUT2D eigenvalue weighted by atomic mass is 9.92. The summed E-state index contributed by atoms with van der Waals surface area (Å²) in [4.78, 5) is 59.8. The normalized spacial score (nSPS) is 17.8. The van der Waals surface area contributed by atoms with E-state index in [0.717, 1.165) is 87.5 Å². The van der Waals surface area contributed by atoms with Crippen molar-refractivity contribution in [3.05, 3.63) is 122 Å². The Labute approximate surface area is 364 Å². The van der Waals surface area contributed by atoms with Gasteiger partial charge < -0.3 is 19.7 Å². The molecule has 0 radical (unpaired) electrons. The van der Waals surface area contributed by atoms with E-state index >= 15 is 0 Å². The van der Waals surface area contributed by atoms with Crippen LogP contribution in [0.2, 0.25) is 0 Å². The van der Waals surface area contributed by atoms with Crippen LogP contribution in [0.25, 0.3) is 5.00 Å². The van der Waals surface area contributed by atoms with Crippen molar-refractivity contribution >= 4 is 40.5 Å². The number of aryl methyl sites for hydroxylation is 2. The quantitative estimate of drug-likeness (QED) is 0.0877. The number of thiophene rings is 1. The molecule has 1 saturated heterocycles. The highest BCUT2D eigenvalue weighted by Crippen LogP contribution is 2.37. The van der Waals surface area contributed by atoms with Crippen molar-refractivity contribution in [3.8, 4) is 16.8 Å². The number of piperidine rings is 1. The summed E-state index contributed by atoms with van der Waals surface area (Å²) < 4.78 is 13.7. The van der Waals surface area contributed by atoms with Crippen molar-refractivity contribution < 1.29 is 28.7 Å². The number of ketones is 2. The monoisotopic (exact) mass is 851 g/mol. The van der Waals surface area contributed by atoms with E-state index in [1.165, 1.54) is 5.56 Å². The number of fused-ring (bicyclic) bond motifs is 4. The Kier molecular flexibility index (Phi) is 12.4. The first-order valence-electron chi connectivity index (χ1n) is 21.5. The minimum Gasteiger partial charge on any atom is -0.464 e. The van der Waals surface area contributed by atoms with Crippen LogP contribution in [0.1, 0.15) is 105 Å². The number of amides is 1. The highest BCUT2D eigenvalue weighted by Gasteiger charge is 2.40. The predicted molar refractivity (Wildman–Crippen MR) is 233 cm³/mol. The van der Waals surface area contributed by atoms with Gasteiger partial charge in [-0.1, -0.05) is 48.2 Å². The summed E-state index contributed by atoms with van der Waals surface area (Å²) in [6.07, 6.45) is 6.67. The van der Waals surface area contributed by atoms with Crippen LogP contribution in [0.15, 0.2) is 66.9 Å². The van der Waals surface area contributed by atoms with E-state index in [2.05, 4.69) is 66.1 Å². The Balaban J connectivity index is 0.715. The molecule has 4 aliphatic rings. The fraction of sp³-hybridized carbons (Fsp3) is 0.396. The molecule has 9 rings (SSSR count). The Hall–Kier alpha value is -6.01. The summed E-state index contributed by atoms with van der Waals surface area (Å²) in [5.74, 6) is 7.87. The smallest absolute Gasteiger partial charge is 0.305 e. The van der Waals surface area contributed by atoms with Crippen LogP contribution in [0.3, 0.4) is 0 Å². The van der Waals surface area contributed by atoms with Gasteiger partial charge in [-0.2, -0.15) is 0 Å². The van der Waals surface area contributed by atoms with Crippen LogP contribution in [-0.2, 0) is 56.5 Å². The lowest BCUT2D eigenvalue weighted by molar-refractivity contribution is -0.144. The molecular formula is C48H49N7O6S. The Bertz CT molecular complexity index is 2550. The summed E-state index contributed by atoms with van der Waals surface area (Å²) in [5.41, 5.74) is 7.71. The molecule has 1 atom stereocenters. The molecule has 6 heterocycles. The van der Waals surface area contributed by atoms with Crippen molar-refractivity contribution in [2.24, 2.45) is 0 Å². The van der Waals surface area contributed by atoms with Gasteiger partial charge in [0, 0.05) is 84.9 Å². The number of benzene rings is 2.